The lowest BCUT2D eigenvalue weighted by Crippen LogP contribution is -2.33. The highest BCUT2D eigenvalue weighted by atomic mass is 16.3. The maximum Gasteiger partial charge on any atom is 0.163 e. The van der Waals surface area contributed by atoms with E-state index >= 15 is 0 Å². The highest BCUT2D eigenvalue weighted by Gasteiger charge is 2.38. The molecule has 116 valence electrons. The second kappa shape index (κ2) is 6.31. The molecule has 0 saturated heterocycles. The number of hydrogen-bond acceptors (Lipinski definition) is 2. The molecule has 0 amide bonds. The summed E-state index contributed by atoms with van der Waals surface area (Å²) in [6.07, 6.45) is 8.65. The number of aliphatic hydroxyl groups is 1. The maximum absolute atomic E-state index is 12.6. The van der Waals surface area contributed by atoms with E-state index in [2.05, 4.69) is 26.5 Å². The monoisotopic (exact) mass is 288 g/mol. The van der Waals surface area contributed by atoms with Gasteiger partial charge in [0.25, 0.3) is 0 Å². The zero-order chi connectivity index (χ0) is 15.6. The molecule has 0 fully saturated rings. The summed E-state index contributed by atoms with van der Waals surface area (Å²) < 4.78 is 0. The quantitative estimate of drug-likeness (QED) is 0.673. The summed E-state index contributed by atoms with van der Waals surface area (Å²) in [4.78, 5) is 12.6. The van der Waals surface area contributed by atoms with Crippen molar-refractivity contribution in [1.82, 2.24) is 0 Å². The maximum atomic E-state index is 12.6. The van der Waals surface area contributed by atoms with Gasteiger partial charge < -0.3 is 5.11 Å². The van der Waals surface area contributed by atoms with E-state index in [1.54, 1.807) is 0 Å². The fraction of sp³-hybridized carbons (Fsp3) is 0.632. The summed E-state index contributed by atoms with van der Waals surface area (Å²) >= 11 is 0. The molecule has 0 aliphatic heterocycles. The van der Waals surface area contributed by atoms with E-state index in [9.17, 15) is 9.90 Å². The molecule has 0 heterocycles. The van der Waals surface area contributed by atoms with Gasteiger partial charge in [-0.1, -0.05) is 43.7 Å². The van der Waals surface area contributed by atoms with Gasteiger partial charge in [0, 0.05) is 6.42 Å². The molecule has 21 heavy (non-hydrogen) atoms. The molecule has 2 nitrogen and oxygen atoms in total. The zero-order valence-electron chi connectivity index (χ0n) is 13.6. The summed E-state index contributed by atoms with van der Waals surface area (Å²) in [6, 6.07) is 0. The van der Waals surface area contributed by atoms with Crippen LogP contribution in [0.25, 0.3) is 0 Å². The lowest BCUT2D eigenvalue weighted by Gasteiger charge is -2.40. The van der Waals surface area contributed by atoms with Gasteiger partial charge in [0.1, 0.15) is 0 Å². The largest absolute Gasteiger partial charge is 0.389 e. The molecule has 2 aliphatic rings. The van der Waals surface area contributed by atoms with Gasteiger partial charge in [0.05, 0.1) is 6.10 Å². The summed E-state index contributed by atoms with van der Waals surface area (Å²) in [5.74, 6) is 0.754. The summed E-state index contributed by atoms with van der Waals surface area (Å²) in [5.41, 5.74) is 3.02. The highest BCUT2D eigenvalue weighted by molar-refractivity contribution is 5.98. The van der Waals surface area contributed by atoms with E-state index in [4.69, 9.17) is 0 Å². The molecule has 0 aromatic carbocycles. The summed E-state index contributed by atoms with van der Waals surface area (Å²) in [5, 5.41) is 10.1. The van der Waals surface area contributed by atoms with Crippen LogP contribution in [0.5, 0.6) is 0 Å². The minimum Gasteiger partial charge on any atom is -0.389 e. The van der Waals surface area contributed by atoms with Crippen LogP contribution in [0.4, 0.5) is 0 Å². The third-order valence-electron chi connectivity index (χ3n) is 5.14. The highest BCUT2D eigenvalue weighted by Crippen LogP contribution is 2.45. The van der Waals surface area contributed by atoms with Crippen LogP contribution in [-0.2, 0) is 4.79 Å². The smallest absolute Gasteiger partial charge is 0.163 e. The number of ketones is 1. The molecular formula is C19H28O2. The first kappa shape index (κ1) is 16.2. The number of carbonyl (C=O) groups excluding carboxylic acids is 1. The van der Waals surface area contributed by atoms with E-state index in [0.717, 1.165) is 42.4 Å². The van der Waals surface area contributed by atoms with Gasteiger partial charge in [-0.25, -0.2) is 0 Å². The Labute approximate surface area is 128 Å². The van der Waals surface area contributed by atoms with Gasteiger partial charge in [-0.15, -0.1) is 0 Å². The molecule has 2 aliphatic carbocycles. The van der Waals surface area contributed by atoms with Crippen molar-refractivity contribution in [2.45, 2.75) is 65.4 Å². The van der Waals surface area contributed by atoms with Crippen molar-refractivity contribution in [2.75, 3.05) is 0 Å². The van der Waals surface area contributed by atoms with Crippen LogP contribution in [0.15, 0.2) is 35.5 Å². The van der Waals surface area contributed by atoms with Gasteiger partial charge in [-0.2, -0.15) is 0 Å². The lowest BCUT2D eigenvalue weighted by molar-refractivity contribution is -0.116. The van der Waals surface area contributed by atoms with Crippen molar-refractivity contribution in [3.05, 3.63) is 35.5 Å². The average Bonchev–Trinajstić information content (AvgIpc) is 2.34. The minimum absolute atomic E-state index is 0.0479. The molecule has 0 spiro atoms. The Morgan fingerprint density at radius 2 is 2.05 bits per heavy atom. The number of allylic oxidation sites excluding steroid dienone is 3. The van der Waals surface area contributed by atoms with Gasteiger partial charge in [0.15, 0.2) is 5.78 Å². The van der Waals surface area contributed by atoms with Gasteiger partial charge in [-0.3, -0.25) is 4.79 Å². The Morgan fingerprint density at radius 3 is 2.76 bits per heavy atom. The van der Waals surface area contributed by atoms with Crippen molar-refractivity contribution in [1.29, 1.82) is 0 Å². The molecule has 2 atom stereocenters. The molecule has 0 saturated carbocycles. The molecule has 0 aromatic rings. The number of carbonyl (C=O) groups is 1. The van der Waals surface area contributed by atoms with Crippen molar-refractivity contribution in [3.63, 3.8) is 0 Å². The molecule has 2 heteroatoms. The van der Waals surface area contributed by atoms with E-state index in [0.29, 0.717) is 18.8 Å². The van der Waals surface area contributed by atoms with Crippen molar-refractivity contribution in [2.24, 2.45) is 11.3 Å². The number of Topliss-reactive ketones (excluding diaryl/α,β-unsaturated/α-hetero) is 1. The second-order valence-corrected chi connectivity index (χ2v) is 7.29. The SMILES string of the molecule is C=C1CC[C@@H]2CCC=C(C(=O)C/C(C)=C/C(O)C1)C2(C)C. The van der Waals surface area contributed by atoms with Gasteiger partial charge in [-0.05, 0) is 55.9 Å². The van der Waals surface area contributed by atoms with Crippen LogP contribution in [0.1, 0.15) is 59.3 Å². The van der Waals surface area contributed by atoms with Crippen LogP contribution in [0.3, 0.4) is 0 Å². The predicted octanol–water partition coefficient (Wildman–Crippen LogP) is 4.36. The molecular weight excluding hydrogens is 260 g/mol. The molecule has 1 unspecified atom stereocenters. The first-order chi connectivity index (χ1) is 9.80. The fourth-order valence-corrected chi connectivity index (χ4v) is 3.82. The number of rotatable bonds is 0. The molecule has 0 radical (unpaired) electrons. The zero-order valence-corrected chi connectivity index (χ0v) is 13.6. The van der Waals surface area contributed by atoms with E-state index in [1.165, 1.54) is 0 Å². The van der Waals surface area contributed by atoms with Crippen LogP contribution in [0.2, 0.25) is 0 Å². The van der Waals surface area contributed by atoms with E-state index in [1.807, 2.05) is 13.0 Å². The first-order valence-electron chi connectivity index (χ1n) is 8.06. The summed E-state index contributed by atoms with van der Waals surface area (Å²) in [6.45, 7) is 10.5. The number of aliphatic hydroxyl groups excluding tert-OH is 1. The van der Waals surface area contributed by atoms with Gasteiger partial charge in [0.2, 0.25) is 0 Å². The minimum atomic E-state index is -0.508. The van der Waals surface area contributed by atoms with E-state index in [-0.39, 0.29) is 11.2 Å². The Hall–Kier alpha value is -1.15. The third kappa shape index (κ3) is 3.74. The second-order valence-electron chi connectivity index (χ2n) is 7.29. The Bertz CT molecular complexity index is 494. The first-order valence-corrected chi connectivity index (χ1v) is 8.06. The van der Waals surface area contributed by atoms with Crippen molar-refractivity contribution >= 4 is 5.78 Å². The van der Waals surface area contributed by atoms with E-state index < -0.39 is 6.10 Å². The molecule has 2 rings (SSSR count). The topological polar surface area (TPSA) is 37.3 Å². The Kier molecular flexibility index (Phi) is 4.88. The third-order valence-corrected chi connectivity index (χ3v) is 5.14. The fourth-order valence-electron chi connectivity index (χ4n) is 3.82. The number of fused-ring (bicyclic) bond motifs is 2. The van der Waals surface area contributed by atoms with Crippen molar-refractivity contribution in [3.8, 4) is 0 Å². The molecule has 0 aromatic heterocycles. The van der Waals surface area contributed by atoms with Crippen molar-refractivity contribution < 1.29 is 9.90 Å². The standard InChI is InChI=1S/C19H28O2/c1-13-8-9-15-6-5-7-17(19(15,3)4)18(21)12-14(2)11-16(20)10-13/h7,11,15-16,20H,1,5-6,8-10,12H2,2-4H3/b14-11+/t15-,16?/m0/s1. The summed E-state index contributed by atoms with van der Waals surface area (Å²) in [7, 11) is 0. The van der Waals surface area contributed by atoms with Crippen LogP contribution >= 0.6 is 0 Å². The van der Waals surface area contributed by atoms with Crippen LogP contribution in [-0.4, -0.2) is 17.0 Å². The normalized spacial score (nSPS) is 33.3. The average molecular weight is 288 g/mol. The number of hydrogen-bond donors (Lipinski definition) is 1. The Morgan fingerprint density at radius 1 is 1.33 bits per heavy atom. The molecule has 1 N–H and O–H groups in total. The van der Waals surface area contributed by atoms with Gasteiger partial charge >= 0.3 is 0 Å². The lowest BCUT2D eigenvalue weighted by atomic mass is 9.64. The van der Waals surface area contributed by atoms with Crippen LogP contribution < -0.4 is 0 Å². The van der Waals surface area contributed by atoms with Crippen LogP contribution in [0, 0.1) is 11.3 Å². The predicted molar refractivity (Wildman–Crippen MR) is 87.0 cm³/mol. The Balaban J connectivity index is 2.34. The molecule has 2 bridgehead atoms.